The van der Waals surface area contributed by atoms with Crippen LogP contribution in [0, 0.1) is 5.41 Å². The number of ether oxygens (including phenoxy) is 1. The van der Waals surface area contributed by atoms with Crippen molar-refractivity contribution in [3.63, 3.8) is 0 Å². The van der Waals surface area contributed by atoms with Gasteiger partial charge < -0.3 is 14.5 Å². The third-order valence-corrected chi connectivity index (χ3v) is 6.50. The van der Waals surface area contributed by atoms with Crippen LogP contribution in [0.15, 0.2) is 30.3 Å². The minimum atomic E-state index is 0.0464. The van der Waals surface area contributed by atoms with E-state index in [0.717, 1.165) is 26.1 Å². The van der Waals surface area contributed by atoms with Crippen LogP contribution >= 0.6 is 0 Å². The van der Waals surface area contributed by atoms with Crippen molar-refractivity contribution in [1.82, 2.24) is 9.80 Å². The van der Waals surface area contributed by atoms with Gasteiger partial charge in [0.2, 0.25) is 5.91 Å². The van der Waals surface area contributed by atoms with E-state index in [9.17, 15) is 4.79 Å². The lowest BCUT2D eigenvalue weighted by Gasteiger charge is -2.43. The Labute approximate surface area is 157 Å². The van der Waals surface area contributed by atoms with E-state index in [2.05, 4.69) is 41.0 Å². The summed E-state index contributed by atoms with van der Waals surface area (Å²) in [4.78, 5) is 17.7. The smallest absolute Gasteiger partial charge is 0.223 e. The zero-order valence-electron chi connectivity index (χ0n) is 16.0. The molecule has 2 atom stereocenters. The maximum Gasteiger partial charge on any atom is 0.223 e. The highest BCUT2D eigenvalue weighted by molar-refractivity contribution is 5.77. The minimum absolute atomic E-state index is 0.0464. The van der Waals surface area contributed by atoms with Gasteiger partial charge in [0.1, 0.15) is 0 Å². The number of hydrogen-bond acceptors (Lipinski definition) is 3. The highest BCUT2D eigenvalue weighted by atomic mass is 16.5. The molecule has 1 aromatic rings. The zero-order valence-corrected chi connectivity index (χ0v) is 16.0. The van der Waals surface area contributed by atoms with Gasteiger partial charge in [0.15, 0.2) is 0 Å². The Bertz CT molecular complexity index is 608. The molecule has 1 amide bonds. The highest BCUT2D eigenvalue weighted by Crippen LogP contribution is 2.49. The van der Waals surface area contributed by atoms with E-state index in [4.69, 9.17) is 4.74 Å². The number of hydrogen-bond donors (Lipinski definition) is 0. The van der Waals surface area contributed by atoms with Crippen molar-refractivity contribution in [3.8, 4) is 0 Å². The van der Waals surface area contributed by atoms with Gasteiger partial charge >= 0.3 is 0 Å². The lowest BCUT2D eigenvalue weighted by molar-refractivity contribution is -0.148. The summed E-state index contributed by atoms with van der Waals surface area (Å²) in [5.41, 5.74) is 1.64. The lowest BCUT2D eigenvalue weighted by atomic mass is 9.96. The third kappa shape index (κ3) is 4.12. The molecule has 1 aliphatic carbocycles. The Hall–Kier alpha value is -1.39. The average Bonchev–Trinajstić information content (AvgIpc) is 3.18. The molecule has 3 aliphatic rings. The Morgan fingerprint density at radius 3 is 2.58 bits per heavy atom. The van der Waals surface area contributed by atoms with E-state index in [1.807, 2.05) is 6.07 Å². The fourth-order valence-electron chi connectivity index (χ4n) is 4.45. The molecule has 4 nitrogen and oxygen atoms in total. The van der Waals surface area contributed by atoms with Crippen molar-refractivity contribution >= 4 is 5.91 Å². The third-order valence-electron chi connectivity index (χ3n) is 6.50. The fraction of sp³-hybridized carbons (Fsp3) is 0.682. The summed E-state index contributed by atoms with van der Waals surface area (Å²) in [6.07, 6.45) is 6.90. The number of carbonyl (C=O) groups excluding carboxylic acids is 1. The molecule has 0 unspecified atom stereocenters. The van der Waals surface area contributed by atoms with Gasteiger partial charge in [-0.25, -0.2) is 0 Å². The van der Waals surface area contributed by atoms with Gasteiger partial charge in [-0.15, -0.1) is 0 Å². The Morgan fingerprint density at radius 1 is 1.15 bits per heavy atom. The fourth-order valence-corrected chi connectivity index (χ4v) is 4.45. The molecule has 142 valence electrons. The predicted molar refractivity (Wildman–Crippen MR) is 103 cm³/mol. The normalized spacial score (nSPS) is 28.3. The summed E-state index contributed by atoms with van der Waals surface area (Å²) < 4.78 is 6.21. The second-order valence-corrected chi connectivity index (χ2v) is 8.67. The summed E-state index contributed by atoms with van der Waals surface area (Å²) in [5.74, 6) is 0.307. The van der Waals surface area contributed by atoms with Crippen LogP contribution in [-0.2, 0) is 9.53 Å². The molecule has 2 saturated heterocycles. The SMILES string of the molecule is CC1(CCC(=O)N2CCO[C@@H](CN3CCCC3)[C@@H]2c2ccccc2)CC1. The first-order valence-electron chi connectivity index (χ1n) is 10.3. The first-order valence-corrected chi connectivity index (χ1v) is 10.3. The minimum Gasteiger partial charge on any atom is -0.373 e. The van der Waals surface area contributed by atoms with Crippen LogP contribution in [0.2, 0.25) is 0 Å². The van der Waals surface area contributed by atoms with Crippen LogP contribution in [0.5, 0.6) is 0 Å². The van der Waals surface area contributed by atoms with Gasteiger partial charge in [-0.1, -0.05) is 37.3 Å². The van der Waals surface area contributed by atoms with Crippen LogP contribution in [-0.4, -0.2) is 54.6 Å². The molecule has 1 aromatic carbocycles. The highest BCUT2D eigenvalue weighted by Gasteiger charge is 2.40. The van der Waals surface area contributed by atoms with Gasteiger partial charge in [-0.2, -0.15) is 0 Å². The summed E-state index contributed by atoms with van der Waals surface area (Å²) in [7, 11) is 0. The van der Waals surface area contributed by atoms with Crippen LogP contribution in [0.25, 0.3) is 0 Å². The predicted octanol–water partition coefficient (Wildman–Crippen LogP) is 3.63. The van der Waals surface area contributed by atoms with E-state index in [1.54, 1.807) is 0 Å². The second kappa shape index (κ2) is 7.69. The van der Waals surface area contributed by atoms with Gasteiger partial charge in [-0.05, 0) is 56.2 Å². The average molecular weight is 357 g/mol. The number of rotatable bonds is 6. The van der Waals surface area contributed by atoms with Crippen LogP contribution in [0.3, 0.4) is 0 Å². The molecule has 0 aromatic heterocycles. The summed E-state index contributed by atoms with van der Waals surface area (Å²) in [5, 5.41) is 0. The number of nitrogens with zero attached hydrogens (tertiary/aromatic N) is 2. The maximum absolute atomic E-state index is 13.1. The molecule has 2 heterocycles. The zero-order chi connectivity index (χ0) is 18.0. The monoisotopic (exact) mass is 356 g/mol. The molecule has 4 rings (SSSR count). The lowest BCUT2D eigenvalue weighted by Crippen LogP contribution is -2.51. The molecule has 0 radical (unpaired) electrons. The summed E-state index contributed by atoms with van der Waals surface area (Å²) in [6.45, 7) is 6.93. The maximum atomic E-state index is 13.1. The van der Waals surface area contributed by atoms with Crippen molar-refractivity contribution in [2.45, 2.75) is 57.6 Å². The summed E-state index contributed by atoms with van der Waals surface area (Å²) in [6, 6.07) is 10.5. The summed E-state index contributed by atoms with van der Waals surface area (Å²) >= 11 is 0. The van der Waals surface area contributed by atoms with Crippen molar-refractivity contribution in [3.05, 3.63) is 35.9 Å². The van der Waals surface area contributed by atoms with Crippen LogP contribution < -0.4 is 0 Å². The molecule has 3 fully saturated rings. The molecule has 4 heteroatoms. The Kier molecular flexibility index (Phi) is 5.32. The van der Waals surface area contributed by atoms with Gasteiger partial charge in [-0.3, -0.25) is 4.79 Å². The topological polar surface area (TPSA) is 32.8 Å². The van der Waals surface area contributed by atoms with Crippen molar-refractivity contribution in [2.24, 2.45) is 5.41 Å². The molecule has 26 heavy (non-hydrogen) atoms. The molecule has 0 bridgehead atoms. The molecule has 0 spiro atoms. The second-order valence-electron chi connectivity index (χ2n) is 8.67. The van der Waals surface area contributed by atoms with Crippen molar-refractivity contribution in [1.29, 1.82) is 0 Å². The Balaban J connectivity index is 1.51. The number of amides is 1. The number of benzene rings is 1. The van der Waals surface area contributed by atoms with E-state index < -0.39 is 0 Å². The molecule has 1 saturated carbocycles. The molecule has 0 N–H and O–H groups in total. The first kappa shape index (κ1) is 18.0. The molecular weight excluding hydrogens is 324 g/mol. The van der Waals surface area contributed by atoms with Crippen molar-refractivity contribution in [2.75, 3.05) is 32.8 Å². The molecule has 2 aliphatic heterocycles. The number of morpholine rings is 1. The van der Waals surface area contributed by atoms with Gasteiger partial charge in [0.05, 0.1) is 18.8 Å². The van der Waals surface area contributed by atoms with Crippen LogP contribution in [0.4, 0.5) is 0 Å². The first-order chi connectivity index (χ1) is 12.6. The number of likely N-dealkylation sites (tertiary alicyclic amines) is 1. The largest absolute Gasteiger partial charge is 0.373 e. The number of carbonyl (C=O) groups is 1. The standard InChI is InChI=1S/C22H32N2O2/c1-22(11-12-22)10-9-20(25)24-15-16-26-19(17-23-13-5-6-14-23)21(24)18-7-3-2-4-8-18/h2-4,7-8,19,21H,5-6,9-17H2,1H3/t19-,21-/m0/s1. The van der Waals surface area contributed by atoms with Gasteiger partial charge in [0.25, 0.3) is 0 Å². The van der Waals surface area contributed by atoms with Crippen molar-refractivity contribution < 1.29 is 9.53 Å². The van der Waals surface area contributed by atoms with E-state index >= 15 is 0 Å². The van der Waals surface area contributed by atoms with E-state index in [-0.39, 0.29) is 12.1 Å². The van der Waals surface area contributed by atoms with E-state index in [1.165, 1.54) is 31.2 Å². The van der Waals surface area contributed by atoms with Gasteiger partial charge in [0, 0.05) is 19.5 Å². The van der Waals surface area contributed by atoms with Crippen LogP contribution in [0.1, 0.15) is 57.1 Å². The van der Waals surface area contributed by atoms with E-state index in [0.29, 0.717) is 30.9 Å². The Morgan fingerprint density at radius 2 is 1.88 bits per heavy atom. The quantitative estimate of drug-likeness (QED) is 0.780. The molecular formula is C22H32N2O2.